The molecule has 0 saturated heterocycles. The number of aryl methyl sites for hydroxylation is 1. The van der Waals surface area contributed by atoms with Crippen LogP contribution in [0.15, 0.2) is 53.4 Å². The van der Waals surface area contributed by atoms with Crippen molar-refractivity contribution in [1.82, 2.24) is 4.31 Å². The van der Waals surface area contributed by atoms with Crippen molar-refractivity contribution in [2.24, 2.45) is 0 Å². The van der Waals surface area contributed by atoms with Crippen molar-refractivity contribution in [1.29, 1.82) is 0 Å². The SMILES string of the molecule is CCN(CC)S(=O)(=O)c1ccc(C)c(NC(=O)C=Cc2ccc(Cl)cc2)c1. The van der Waals surface area contributed by atoms with Gasteiger partial charge in [0, 0.05) is 29.9 Å². The molecule has 0 bridgehead atoms. The highest BCUT2D eigenvalue weighted by Crippen LogP contribution is 2.23. The van der Waals surface area contributed by atoms with Crippen LogP contribution in [0, 0.1) is 6.92 Å². The van der Waals surface area contributed by atoms with E-state index >= 15 is 0 Å². The molecule has 1 amide bonds. The van der Waals surface area contributed by atoms with Gasteiger partial charge in [-0.25, -0.2) is 8.42 Å². The minimum absolute atomic E-state index is 0.161. The van der Waals surface area contributed by atoms with Gasteiger partial charge in [-0.05, 0) is 48.4 Å². The molecule has 27 heavy (non-hydrogen) atoms. The van der Waals surface area contributed by atoms with Gasteiger partial charge in [-0.2, -0.15) is 4.31 Å². The highest BCUT2D eigenvalue weighted by molar-refractivity contribution is 7.89. The summed E-state index contributed by atoms with van der Waals surface area (Å²) >= 11 is 5.84. The maximum Gasteiger partial charge on any atom is 0.248 e. The molecule has 5 nitrogen and oxygen atoms in total. The Morgan fingerprint density at radius 3 is 2.33 bits per heavy atom. The molecule has 2 aromatic rings. The normalized spacial score (nSPS) is 11.9. The molecular weight excluding hydrogens is 384 g/mol. The lowest BCUT2D eigenvalue weighted by molar-refractivity contribution is -0.111. The van der Waals surface area contributed by atoms with Crippen LogP contribution in [0.5, 0.6) is 0 Å². The zero-order valence-corrected chi connectivity index (χ0v) is 17.1. The van der Waals surface area contributed by atoms with E-state index in [1.54, 1.807) is 56.3 Å². The smallest absolute Gasteiger partial charge is 0.248 e. The molecular formula is C20H23ClN2O3S. The molecule has 2 aromatic carbocycles. The van der Waals surface area contributed by atoms with Crippen LogP contribution in [0.4, 0.5) is 5.69 Å². The minimum atomic E-state index is -3.58. The van der Waals surface area contributed by atoms with Crippen molar-refractivity contribution in [3.63, 3.8) is 0 Å². The van der Waals surface area contributed by atoms with E-state index in [-0.39, 0.29) is 10.8 Å². The summed E-state index contributed by atoms with van der Waals surface area (Å²) in [4.78, 5) is 12.4. The zero-order valence-electron chi connectivity index (χ0n) is 15.6. The topological polar surface area (TPSA) is 66.5 Å². The molecule has 0 aromatic heterocycles. The quantitative estimate of drug-likeness (QED) is 0.696. The van der Waals surface area contributed by atoms with Crippen molar-refractivity contribution < 1.29 is 13.2 Å². The average Bonchev–Trinajstić information content (AvgIpc) is 2.63. The molecule has 0 aliphatic rings. The second-order valence-electron chi connectivity index (χ2n) is 5.94. The Morgan fingerprint density at radius 1 is 1.11 bits per heavy atom. The number of hydrogen-bond acceptors (Lipinski definition) is 3. The first-order valence-electron chi connectivity index (χ1n) is 8.63. The van der Waals surface area contributed by atoms with Gasteiger partial charge in [0.25, 0.3) is 0 Å². The Balaban J connectivity index is 2.21. The van der Waals surface area contributed by atoms with Crippen molar-refractivity contribution >= 4 is 39.3 Å². The number of nitrogens with one attached hydrogen (secondary N) is 1. The number of benzene rings is 2. The van der Waals surface area contributed by atoms with E-state index in [9.17, 15) is 13.2 Å². The maximum atomic E-state index is 12.7. The minimum Gasteiger partial charge on any atom is -0.322 e. The number of anilines is 1. The molecule has 0 unspecified atom stereocenters. The van der Waals surface area contributed by atoms with E-state index in [2.05, 4.69) is 5.32 Å². The van der Waals surface area contributed by atoms with Crippen LogP contribution >= 0.6 is 11.6 Å². The molecule has 7 heteroatoms. The first kappa shape index (κ1) is 21.2. The van der Waals surface area contributed by atoms with Gasteiger partial charge >= 0.3 is 0 Å². The average molecular weight is 407 g/mol. The van der Waals surface area contributed by atoms with Crippen molar-refractivity contribution in [2.45, 2.75) is 25.7 Å². The van der Waals surface area contributed by atoms with Crippen LogP contribution in [0.1, 0.15) is 25.0 Å². The van der Waals surface area contributed by atoms with Crippen molar-refractivity contribution in [3.05, 3.63) is 64.7 Å². The lowest BCUT2D eigenvalue weighted by Crippen LogP contribution is -2.30. The standard InChI is InChI=1S/C20H23ClN2O3S/c1-4-23(5-2)27(25,26)18-12-6-15(3)19(14-18)22-20(24)13-9-16-7-10-17(21)11-8-16/h6-14H,4-5H2,1-3H3,(H,22,24). The molecule has 0 heterocycles. The predicted octanol–water partition coefficient (Wildman–Crippen LogP) is 4.33. The molecule has 0 radical (unpaired) electrons. The van der Waals surface area contributed by atoms with Crippen LogP contribution in [-0.2, 0) is 14.8 Å². The number of nitrogens with zero attached hydrogens (tertiary/aromatic N) is 1. The van der Waals surface area contributed by atoms with Crippen LogP contribution in [0.3, 0.4) is 0 Å². The Kier molecular flexibility index (Phi) is 7.18. The third-order valence-corrected chi connectivity index (χ3v) is 6.41. The van der Waals surface area contributed by atoms with E-state index in [4.69, 9.17) is 11.6 Å². The van der Waals surface area contributed by atoms with Crippen LogP contribution in [0.25, 0.3) is 6.08 Å². The molecule has 0 aliphatic carbocycles. The predicted molar refractivity (Wildman–Crippen MR) is 110 cm³/mol. The molecule has 0 aliphatic heterocycles. The first-order chi connectivity index (χ1) is 12.8. The van der Waals surface area contributed by atoms with Gasteiger partial charge in [-0.3, -0.25) is 4.79 Å². The molecule has 0 spiro atoms. The van der Waals surface area contributed by atoms with Crippen LogP contribution in [0.2, 0.25) is 5.02 Å². The lowest BCUT2D eigenvalue weighted by atomic mass is 10.2. The van der Waals surface area contributed by atoms with Gasteiger partial charge in [0.15, 0.2) is 0 Å². The van der Waals surface area contributed by atoms with Gasteiger partial charge in [0.1, 0.15) is 0 Å². The van der Waals surface area contributed by atoms with Gasteiger partial charge in [0.05, 0.1) is 4.90 Å². The summed E-state index contributed by atoms with van der Waals surface area (Å²) < 4.78 is 26.7. The summed E-state index contributed by atoms with van der Waals surface area (Å²) in [5, 5.41) is 3.37. The van der Waals surface area contributed by atoms with E-state index in [0.29, 0.717) is 23.8 Å². The zero-order chi connectivity index (χ0) is 20.0. The number of halogens is 1. The molecule has 1 N–H and O–H groups in total. The third kappa shape index (κ3) is 5.42. The summed E-state index contributed by atoms with van der Waals surface area (Å²) in [5.41, 5.74) is 2.08. The second kappa shape index (κ2) is 9.17. The number of carbonyl (C=O) groups excluding carboxylic acids is 1. The van der Waals surface area contributed by atoms with E-state index in [1.807, 2.05) is 6.92 Å². The number of rotatable bonds is 7. The third-order valence-electron chi connectivity index (χ3n) is 4.11. The Hall–Kier alpha value is -2.15. The lowest BCUT2D eigenvalue weighted by Gasteiger charge is -2.19. The summed E-state index contributed by atoms with van der Waals surface area (Å²) in [7, 11) is -3.58. The summed E-state index contributed by atoms with van der Waals surface area (Å²) in [5.74, 6) is -0.342. The fourth-order valence-electron chi connectivity index (χ4n) is 2.53. The number of carbonyl (C=O) groups is 1. The van der Waals surface area contributed by atoms with Gasteiger partial charge in [-0.1, -0.05) is 43.6 Å². The number of hydrogen-bond donors (Lipinski definition) is 1. The molecule has 0 fully saturated rings. The van der Waals surface area contributed by atoms with Crippen molar-refractivity contribution in [3.8, 4) is 0 Å². The second-order valence-corrected chi connectivity index (χ2v) is 8.31. The Labute approximate surface area is 165 Å². The van der Waals surface area contributed by atoms with Crippen LogP contribution in [-0.4, -0.2) is 31.7 Å². The largest absolute Gasteiger partial charge is 0.322 e. The number of sulfonamides is 1. The first-order valence-corrected chi connectivity index (χ1v) is 10.4. The Morgan fingerprint density at radius 2 is 1.74 bits per heavy atom. The molecule has 144 valence electrons. The van der Waals surface area contributed by atoms with Crippen molar-refractivity contribution in [2.75, 3.05) is 18.4 Å². The summed E-state index contributed by atoms with van der Waals surface area (Å²) in [6.45, 7) is 6.17. The van der Waals surface area contributed by atoms with E-state index < -0.39 is 10.0 Å². The monoisotopic (exact) mass is 406 g/mol. The van der Waals surface area contributed by atoms with E-state index in [0.717, 1.165) is 11.1 Å². The maximum absolute atomic E-state index is 12.7. The Bertz CT molecular complexity index is 934. The number of amides is 1. The van der Waals surface area contributed by atoms with E-state index in [1.165, 1.54) is 16.4 Å². The fraction of sp³-hybridized carbons (Fsp3) is 0.250. The molecule has 0 saturated carbocycles. The summed E-state index contributed by atoms with van der Waals surface area (Å²) in [6.07, 6.45) is 3.06. The molecule has 0 atom stereocenters. The van der Waals surface area contributed by atoms with Gasteiger partial charge < -0.3 is 5.32 Å². The van der Waals surface area contributed by atoms with Gasteiger partial charge in [-0.15, -0.1) is 0 Å². The van der Waals surface area contributed by atoms with Gasteiger partial charge in [0.2, 0.25) is 15.9 Å². The highest BCUT2D eigenvalue weighted by Gasteiger charge is 2.22. The summed E-state index contributed by atoms with van der Waals surface area (Å²) in [6, 6.07) is 11.8. The molecule has 2 rings (SSSR count). The van der Waals surface area contributed by atoms with Crippen LogP contribution < -0.4 is 5.32 Å². The highest BCUT2D eigenvalue weighted by atomic mass is 35.5. The fourth-order valence-corrected chi connectivity index (χ4v) is 4.14.